The maximum absolute atomic E-state index is 12.7. The van der Waals surface area contributed by atoms with Crippen molar-refractivity contribution < 1.29 is 9.53 Å². The molecule has 0 bridgehead atoms. The first kappa shape index (κ1) is 16.8. The Morgan fingerprint density at radius 3 is 2.55 bits per heavy atom. The molecule has 0 fully saturated rings. The van der Waals surface area contributed by atoms with Crippen LogP contribution < -0.4 is 0 Å². The molecular formula is C16H20BrN3O2. The van der Waals surface area contributed by atoms with Gasteiger partial charge in [-0.05, 0) is 5.56 Å². The number of halogens is 1. The standard InChI is InChI=1S/C16H20BrN3O2/c1-15(2,3)16(22-10-17)14(21)19-11-18-12-20(16)9-13-7-5-4-6-8-13/h4-8,11-12H,9-10H2,1-3H3/t16-/m0/s1. The summed E-state index contributed by atoms with van der Waals surface area (Å²) in [5, 5.41) is 0. The van der Waals surface area contributed by atoms with Crippen molar-refractivity contribution in [2.45, 2.75) is 33.0 Å². The fraction of sp³-hybridized carbons (Fsp3) is 0.438. The van der Waals surface area contributed by atoms with Crippen LogP contribution in [0.4, 0.5) is 0 Å². The molecule has 1 amide bonds. The minimum Gasteiger partial charge on any atom is -0.335 e. The zero-order chi connectivity index (χ0) is 16.2. The number of alkyl halides is 1. The molecule has 0 saturated carbocycles. The summed E-state index contributed by atoms with van der Waals surface area (Å²) in [4.78, 5) is 22.5. The molecule has 1 heterocycles. The maximum atomic E-state index is 12.7. The molecule has 1 aromatic rings. The number of carbonyl (C=O) groups excluding carboxylic acids is 1. The van der Waals surface area contributed by atoms with Gasteiger partial charge >= 0.3 is 5.91 Å². The number of amides is 1. The Hall–Kier alpha value is -1.53. The monoisotopic (exact) mass is 365 g/mol. The molecule has 0 unspecified atom stereocenters. The van der Waals surface area contributed by atoms with Gasteiger partial charge in [-0.1, -0.05) is 67.0 Å². The highest BCUT2D eigenvalue weighted by molar-refractivity contribution is 9.09. The summed E-state index contributed by atoms with van der Waals surface area (Å²) in [5.74, 6) is -0.354. The SMILES string of the molecule is CC(C)(C)[C@@]1(OCBr)C(=O)N=CN=CN1Cc1ccccc1. The molecule has 5 nitrogen and oxygen atoms in total. The van der Waals surface area contributed by atoms with Gasteiger partial charge in [0, 0.05) is 12.0 Å². The smallest absolute Gasteiger partial charge is 0.301 e. The second kappa shape index (κ2) is 6.71. The molecule has 1 aliphatic rings. The molecule has 2 rings (SSSR count). The summed E-state index contributed by atoms with van der Waals surface area (Å²) >= 11 is 3.28. The van der Waals surface area contributed by atoms with Crippen molar-refractivity contribution >= 4 is 34.5 Å². The quantitative estimate of drug-likeness (QED) is 0.769. The zero-order valence-electron chi connectivity index (χ0n) is 13.0. The van der Waals surface area contributed by atoms with Crippen LogP contribution in [0.25, 0.3) is 0 Å². The molecule has 0 saturated heterocycles. The van der Waals surface area contributed by atoms with Crippen LogP contribution in [0.1, 0.15) is 26.3 Å². The lowest BCUT2D eigenvalue weighted by Gasteiger charge is -2.47. The zero-order valence-corrected chi connectivity index (χ0v) is 14.6. The van der Waals surface area contributed by atoms with Crippen LogP contribution in [0, 0.1) is 5.41 Å². The van der Waals surface area contributed by atoms with Crippen molar-refractivity contribution in [1.82, 2.24) is 4.90 Å². The van der Waals surface area contributed by atoms with E-state index in [0.29, 0.717) is 6.54 Å². The van der Waals surface area contributed by atoms with Crippen LogP contribution >= 0.6 is 15.9 Å². The Bertz CT molecular complexity index is 581. The number of hydrogen-bond acceptors (Lipinski definition) is 4. The average Bonchev–Trinajstić information content (AvgIpc) is 2.62. The summed E-state index contributed by atoms with van der Waals surface area (Å²) in [5.41, 5.74) is -0.427. The van der Waals surface area contributed by atoms with Gasteiger partial charge in [-0.2, -0.15) is 4.99 Å². The molecule has 0 radical (unpaired) electrons. The van der Waals surface area contributed by atoms with Gasteiger partial charge in [0.25, 0.3) is 0 Å². The van der Waals surface area contributed by atoms with Gasteiger partial charge in [-0.15, -0.1) is 0 Å². The fourth-order valence-electron chi connectivity index (χ4n) is 2.61. The number of ether oxygens (including phenoxy) is 1. The van der Waals surface area contributed by atoms with Crippen molar-refractivity contribution in [2.75, 3.05) is 5.52 Å². The molecular weight excluding hydrogens is 346 g/mol. The first-order chi connectivity index (χ1) is 10.4. The highest BCUT2D eigenvalue weighted by Gasteiger charge is 2.54. The Kier molecular flexibility index (Phi) is 5.13. The van der Waals surface area contributed by atoms with Crippen molar-refractivity contribution in [3.63, 3.8) is 0 Å². The van der Waals surface area contributed by atoms with E-state index in [-0.39, 0.29) is 11.4 Å². The molecule has 0 spiro atoms. The van der Waals surface area contributed by atoms with Gasteiger partial charge in [0.1, 0.15) is 11.9 Å². The highest BCUT2D eigenvalue weighted by atomic mass is 79.9. The Morgan fingerprint density at radius 2 is 1.95 bits per heavy atom. The number of rotatable bonds is 4. The number of aliphatic imine (C=N–C) groups is 2. The molecule has 0 aliphatic carbocycles. The predicted molar refractivity (Wildman–Crippen MR) is 91.0 cm³/mol. The highest BCUT2D eigenvalue weighted by Crippen LogP contribution is 2.39. The normalized spacial score (nSPS) is 22.0. The lowest BCUT2D eigenvalue weighted by molar-refractivity contribution is -0.189. The topological polar surface area (TPSA) is 54.3 Å². The van der Waals surface area contributed by atoms with E-state index in [9.17, 15) is 4.79 Å². The van der Waals surface area contributed by atoms with Crippen LogP contribution in [-0.4, -0.2) is 34.7 Å². The average molecular weight is 366 g/mol. The van der Waals surface area contributed by atoms with Gasteiger partial charge in [-0.25, -0.2) is 4.99 Å². The van der Waals surface area contributed by atoms with Crippen molar-refractivity contribution in [3.8, 4) is 0 Å². The fourth-order valence-corrected chi connectivity index (χ4v) is 2.94. The van der Waals surface area contributed by atoms with E-state index in [2.05, 4.69) is 25.9 Å². The van der Waals surface area contributed by atoms with Crippen LogP contribution in [-0.2, 0) is 16.1 Å². The third-order valence-corrected chi connectivity index (χ3v) is 3.85. The van der Waals surface area contributed by atoms with Crippen molar-refractivity contribution in [2.24, 2.45) is 15.4 Å². The van der Waals surface area contributed by atoms with E-state index in [1.807, 2.05) is 56.0 Å². The Labute approximate surface area is 139 Å². The molecule has 6 heteroatoms. The molecule has 1 atom stereocenters. The van der Waals surface area contributed by atoms with Gasteiger partial charge in [0.15, 0.2) is 0 Å². The van der Waals surface area contributed by atoms with E-state index in [1.165, 1.54) is 6.34 Å². The largest absolute Gasteiger partial charge is 0.335 e. The lowest BCUT2D eigenvalue weighted by atomic mass is 9.80. The molecule has 1 aromatic carbocycles. The number of benzene rings is 1. The van der Waals surface area contributed by atoms with Gasteiger partial charge in [0.05, 0.1) is 6.34 Å². The minimum absolute atomic E-state index is 0.227. The van der Waals surface area contributed by atoms with Gasteiger partial charge < -0.3 is 9.64 Å². The summed E-state index contributed by atoms with van der Waals surface area (Å²) < 4.78 is 5.90. The van der Waals surface area contributed by atoms with E-state index < -0.39 is 11.1 Å². The molecule has 0 aromatic heterocycles. The number of nitrogens with zero attached hydrogens (tertiary/aromatic N) is 3. The van der Waals surface area contributed by atoms with Crippen molar-refractivity contribution in [1.29, 1.82) is 0 Å². The third kappa shape index (κ3) is 3.13. The third-order valence-electron chi connectivity index (χ3n) is 3.62. The molecule has 22 heavy (non-hydrogen) atoms. The molecule has 118 valence electrons. The summed E-state index contributed by atoms with van der Waals surface area (Å²) in [6, 6.07) is 9.90. The van der Waals surface area contributed by atoms with Gasteiger partial charge in [0.2, 0.25) is 5.72 Å². The number of carbonyl (C=O) groups is 1. The number of hydrogen-bond donors (Lipinski definition) is 0. The van der Waals surface area contributed by atoms with Crippen LogP contribution in [0.3, 0.4) is 0 Å². The lowest BCUT2D eigenvalue weighted by Crippen LogP contribution is -2.62. The molecule has 0 N–H and O–H groups in total. The first-order valence-electron chi connectivity index (χ1n) is 7.02. The second-order valence-electron chi connectivity index (χ2n) is 6.08. The van der Waals surface area contributed by atoms with E-state index >= 15 is 0 Å². The van der Waals surface area contributed by atoms with Crippen LogP contribution in [0.5, 0.6) is 0 Å². The van der Waals surface area contributed by atoms with E-state index in [0.717, 1.165) is 5.56 Å². The van der Waals surface area contributed by atoms with E-state index in [4.69, 9.17) is 4.74 Å². The Balaban J connectivity index is 2.48. The molecule has 1 aliphatic heterocycles. The minimum atomic E-state index is -1.22. The van der Waals surface area contributed by atoms with Crippen LogP contribution in [0.15, 0.2) is 40.3 Å². The maximum Gasteiger partial charge on any atom is 0.301 e. The predicted octanol–water partition coefficient (Wildman–Crippen LogP) is 3.20. The Morgan fingerprint density at radius 1 is 1.27 bits per heavy atom. The van der Waals surface area contributed by atoms with Gasteiger partial charge in [-0.3, -0.25) is 4.79 Å². The second-order valence-corrected chi connectivity index (χ2v) is 6.53. The summed E-state index contributed by atoms with van der Waals surface area (Å²) in [7, 11) is 0. The van der Waals surface area contributed by atoms with E-state index in [1.54, 1.807) is 6.34 Å². The van der Waals surface area contributed by atoms with Crippen molar-refractivity contribution in [3.05, 3.63) is 35.9 Å². The summed E-state index contributed by atoms with van der Waals surface area (Å²) in [6.45, 7) is 6.38. The van der Waals surface area contributed by atoms with Crippen LogP contribution in [0.2, 0.25) is 0 Å². The summed E-state index contributed by atoms with van der Waals surface area (Å²) in [6.07, 6.45) is 2.89. The first-order valence-corrected chi connectivity index (χ1v) is 8.15.